The molecule has 0 unspecified atom stereocenters. The van der Waals surface area contributed by atoms with Gasteiger partial charge >= 0.3 is 6.18 Å². The first kappa shape index (κ1) is 18.7. The van der Waals surface area contributed by atoms with E-state index in [0.717, 1.165) is 22.7 Å². The molecule has 28 heavy (non-hydrogen) atoms. The average Bonchev–Trinajstić information content (AvgIpc) is 3.36. The van der Waals surface area contributed by atoms with Crippen LogP contribution in [0.2, 0.25) is 0 Å². The van der Waals surface area contributed by atoms with Crippen LogP contribution in [0.3, 0.4) is 0 Å². The van der Waals surface area contributed by atoms with E-state index in [0.29, 0.717) is 11.3 Å². The van der Waals surface area contributed by atoms with Gasteiger partial charge in [-0.05, 0) is 11.6 Å². The number of nitrogens with zero attached hydrogens (tertiary/aromatic N) is 3. The molecule has 4 rings (SSSR count). The van der Waals surface area contributed by atoms with Gasteiger partial charge in [-0.1, -0.05) is 60.3 Å². The molecule has 0 amide bonds. The van der Waals surface area contributed by atoms with Crippen LogP contribution in [-0.2, 0) is 11.9 Å². The number of aromatic nitrogens is 3. The van der Waals surface area contributed by atoms with Crippen LogP contribution in [0.15, 0.2) is 69.6 Å². The highest BCUT2D eigenvalue weighted by molar-refractivity contribution is 7.98. The molecule has 0 fully saturated rings. The van der Waals surface area contributed by atoms with Crippen molar-refractivity contribution < 1.29 is 17.6 Å². The molecular formula is C19H12F3N3OS2. The highest BCUT2D eigenvalue weighted by Crippen LogP contribution is 2.32. The number of thiazole rings is 1. The van der Waals surface area contributed by atoms with E-state index in [9.17, 15) is 13.2 Å². The standard InChI is InChI=1S/C19H12F3N3OS2/c20-19(21,22)14-8-4-5-12(9-14)10-28-18-25-24-16(26-18)15-11-27-17(23-15)13-6-2-1-3-7-13/h1-9,11H,10H2. The van der Waals surface area contributed by atoms with E-state index in [4.69, 9.17) is 4.42 Å². The summed E-state index contributed by atoms with van der Waals surface area (Å²) in [6.07, 6.45) is -4.36. The molecule has 0 aliphatic carbocycles. The van der Waals surface area contributed by atoms with E-state index in [1.54, 1.807) is 6.07 Å². The van der Waals surface area contributed by atoms with Crippen molar-refractivity contribution in [2.45, 2.75) is 17.2 Å². The number of hydrogen-bond donors (Lipinski definition) is 0. The first-order chi connectivity index (χ1) is 13.5. The molecule has 0 saturated carbocycles. The minimum Gasteiger partial charge on any atom is -0.410 e. The highest BCUT2D eigenvalue weighted by atomic mass is 32.2. The summed E-state index contributed by atoms with van der Waals surface area (Å²) in [4.78, 5) is 4.51. The summed E-state index contributed by atoms with van der Waals surface area (Å²) in [6, 6.07) is 14.9. The van der Waals surface area contributed by atoms with Crippen molar-refractivity contribution in [3.05, 3.63) is 71.1 Å². The molecule has 0 atom stereocenters. The van der Waals surface area contributed by atoms with E-state index in [1.807, 2.05) is 35.7 Å². The Morgan fingerprint density at radius 1 is 1.00 bits per heavy atom. The first-order valence-electron chi connectivity index (χ1n) is 8.13. The third kappa shape index (κ3) is 4.26. The lowest BCUT2D eigenvalue weighted by Gasteiger charge is -2.07. The van der Waals surface area contributed by atoms with Gasteiger partial charge in [0, 0.05) is 16.7 Å². The zero-order valence-electron chi connectivity index (χ0n) is 14.2. The van der Waals surface area contributed by atoms with Crippen molar-refractivity contribution in [3.63, 3.8) is 0 Å². The third-order valence-corrected chi connectivity index (χ3v) is 5.55. The summed E-state index contributed by atoms with van der Waals surface area (Å²) in [5.74, 6) is 0.572. The van der Waals surface area contributed by atoms with E-state index in [1.165, 1.54) is 29.2 Å². The Morgan fingerprint density at radius 3 is 2.61 bits per heavy atom. The lowest BCUT2D eigenvalue weighted by Crippen LogP contribution is -2.04. The van der Waals surface area contributed by atoms with Gasteiger partial charge in [-0.2, -0.15) is 13.2 Å². The van der Waals surface area contributed by atoms with Gasteiger partial charge in [-0.15, -0.1) is 21.5 Å². The fourth-order valence-electron chi connectivity index (χ4n) is 2.44. The SMILES string of the molecule is FC(F)(F)c1cccc(CSc2nnc(-c3csc(-c4ccccc4)n3)o2)c1. The van der Waals surface area contributed by atoms with Gasteiger partial charge in [0.1, 0.15) is 10.7 Å². The molecule has 2 aromatic heterocycles. The van der Waals surface area contributed by atoms with Crippen LogP contribution in [0.25, 0.3) is 22.2 Å². The largest absolute Gasteiger partial charge is 0.416 e. The normalized spacial score (nSPS) is 11.7. The number of rotatable bonds is 5. The van der Waals surface area contributed by atoms with E-state index in [-0.39, 0.29) is 16.9 Å². The Labute approximate surface area is 166 Å². The van der Waals surface area contributed by atoms with Crippen LogP contribution >= 0.6 is 23.1 Å². The van der Waals surface area contributed by atoms with Gasteiger partial charge in [0.05, 0.1) is 5.56 Å². The van der Waals surface area contributed by atoms with Gasteiger partial charge in [0.2, 0.25) is 0 Å². The smallest absolute Gasteiger partial charge is 0.410 e. The molecule has 0 bridgehead atoms. The number of alkyl halides is 3. The zero-order chi connectivity index (χ0) is 19.6. The lowest BCUT2D eigenvalue weighted by atomic mass is 10.1. The summed E-state index contributed by atoms with van der Waals surface area (Å²) >= 11 is 2.65. The number of hydrogen-bond acceptors (Lipinski definition) is 6. The molecule has 4 nitrogen and oxygen atoms in total. The Morgan fingerprint density at radius 2 is 1.82 bits per heavy atom. The predicted octanol–water partition coefficient (Wildman–Crippen LogP) is 6.17. The van der Waals surface area contributed by atoms with Crippen LogP contribution in [-0.4, -0.2) is 15.2 Å². The van der Waals surface area contributed by atoms with Gasteiger partial charge in [0.15, 0.2) is 0 Å². The first-order valence-corrected chi connectivity index (χ1v) is 9.99. The summed E-state index contributed by atoms with van der Waals surface area (Å²) in [5.41, 5.74) is 1.42. The monoisotopic (exact) mass is 419 g/mol. The summed E-state index contributed by atoms with van der Waals surface area (Å²) in [5, 5.41) is 10.9. The second-order valence-electron chi connectivity index (χ2n) is 5.76. The van der Waals surface area contributed by atoms with Crippen LogP contribution < -0.4 is 0 Å². The number of halogens is 3. The fourth-order valence-corrected chi connectivity index (χ4v) is 3.95. The lowest BCUT2D eigenvalue weighted by molar-refractivity contribution is -0.137. The Kier molecular flexibility index (Phi) is 5.19. The Hall–Kier alpha value is -2.65. The molecule has 0 N–H and O–H groups in total. The second-order valence-corrected chi connectivity index (χ2v) is 7.55. The molecule has 4 aromatic rings. The van der Waals surface area contributed by atoms with Crippen LogP contribution in [0.1, 0.15) is 11.1 Å². The van der Waals surface area contributed by atoms with E-state index >= 15 is 0 Å². The summed E-state index contributed by atoms with van der Waals surface area (Å²) < 4.78 is 44.0. The molecule has 0 saturated heterocycles. The van der Waals surface area contributed by atoms with Crippen LogP contribution in [0.5, 0.6) is 0 Å². The van der Waals surface area contributed by atoms with Crippen LogP contribution in [0, 0.1) is 0 Å². The highest BCUT2D eigenvalue weighted by Gasteiger charge is 2.30. The van der Waals surface area contributed by atoms with Crippen molar-refractivity contribution in [1.82, 2.24) is 15.2 Å². The van der Waals surface area contributed by atoms with Crippen molar-refractivity contribution in [2.24, 2.45) is 0 Å². The zero-order valence-corrected chi connectivity index (χ0v) is 15.8. The fraction of sp³-hybridized carbons (Fsp3) is 0.105. The minimum absolute atomic E-state index is 0.279. The molecule has 0 spiro atoms. The molecule has 9 heteroatoms. The maximum atomic E-state index is 12.8. The maximum Gasteiger partial charge on any atom is 0.416 e. The van der Waals surface area contributed by atoms with Crippen molar-refractivity contribution >= 4 is 23.1 Å². The Bertz CT molecular complexity index is 1080. The maximum absolute atomic E-state index is 12.8. The van der Waals surface area contributed by atoms with Gasteiger partial charge in [-0.3, -0.25) is 0 Å². The van der Waals surface area contributed by atoms with Gasteiger partial charge in [-0.25, -0.2) is 4.98 Å². The van der Waals surface area contributed by atoms with Crippen molar-refractivity contribution in [2.75, 3.05) is 0 Å². The molecule has 142 valence electrons. The van der Waals surface area contributed by atoms with Crippen molar-refractivity contribution in [3.8, 4) is 22.2 Å². The summed E-state index contributed by atoms with van der Waals surface area (Å²) in [7, 11) is 0. The molecule has 2 aromatic carbocycles. The Balaban J connectivity index is 1.45. The topological polar surface area (TPSA) is 51.8 Å². The number of thioether (sulfide) groups is 1. The molecule has 0 radical (unpaired) electrons. The molecule has 2 heterocycles. The predicted molar refractivity (Wildman–Crippen MR) is 102 cm³/mol. The van der Waals surface area contributed by atoms with E-state index in [2.05, 4.69) is 15.2 Å². The number of benzene rings is 2. The van der Waals surface area contributed by atoms with Gasteiger partial charge < -0.3 is 4.42 Å². The van der Waals surface area contributed by atoms with Crippen molar-refractivity contribution in [1.29, 1.82) is 0 Å². The quantitative estimate of drug-likeness (QED) is 0.362. The molecule has 0 aliphatic heterocycles. The second kappa shape index (κ2) is 7.76. The minimum atomic E-state index is -4.36. The van der Waals surface area contributed by atoms with E-state index < -0.39 is 11.7 Å². The molecular weight excluding hydrogens is 407 g/mol. The average molecular weight is 419 g/mol. The third-order valence-electron chi connectivity index (χ3n) is 3.77. The molecule has 0 aliphatic rings. The summed E-state index contributed by atoms with van der Waals surface area (Å²) in [6.45, 7) is 0. The van der Waals surface area contributed by atoms with Crippen LogP contribution in [0.4, 0.5) is 13.2 Å². The van der Waals surface area contributed by atoms with Gasteiger partial charge in [0.25, 0.3) is 11.1 Å².